The van der Waals surface area contributed by atoms with Crippen LogP contribution in [0.2, 0.25) is 0 Å². The molecule has 0 fully saturated rings. The number of ketones is 1. The molecule has 1 atom stereocenters. The molecule has 0 aliphatic heterocycles. The maximum atomic E-state index is 11.2. The molecule has 104 valence electrons. The van der Waals surface area contributed by atoms with Crippen LogP contribution >= 0.6 is 0 Å². The molecule has 0 aromatic heterocycles. The highest BCUT2D eigenvalue weighted by molar-refractivity contribution is 5.79. The second-order valence-corrected chi connectivity index (χ2v) is 4.80. The van der Waals surface area contributed by atoms with Gasteiger partial charge in [-0.25, -0.2) is 0 Å². The largest absolute Gasteiger partial charge is 0.481 e. The third-order valence-electron chi connectivity index (χ3n) is 2.46. The fourth-order valence-electron chi connectivity index (χ4n) is 1.72. The van der Waals surface area contributed by atoms with Gasteiger partial charge in [0, 0.05) is 6.54 Å². The molecule has 6 nitrogen and oxygen atoms in total. The van der Waals surface area contributed by atoms with E-state index in [4.69, 9.17) is 5.11 Å². The molecule has 6 heteroatoms. The van der Waals surface area contributed by atoms with Crippen LogP contribution in [0.25, 0.3) is 0 Å². The molecule has 0 aliphatic rings. The summed E-state index contributed by atoms with van der Waals surface area (Å²) < 4.78 is 0. The third-order valence-corrected chi connectivity index (χ3v) is 2.46. The second-order valence-electron chi connectivity index (χ2n) is 4.80. The number of nitrogens with zero attached hydrogens (tertiary/aromatic N) is 1. The SMILES string of the molecule is CC(=O)CN(CCC(=O)O)C(CC(C)C)C(=O)O. The Morgan fingerprint density at radius 2 is 1.72 bits per heavy atom. The van der Waals surface area contributed by atoms with Crippen LogP contribution in [0.5, 0.6) is 0 Å². The summed E-state index contributed by atoms with van der Waals surface area (Å²) in [6, 6.07) is -0.812. The number of Topliss-reactive ketones (excluding diaryl/α,β-unsaturated/α-hetero) is 1. The van der Waals surface area contributed by atoms with Gasteiger partial charge in [-0.05, 0) is 19.3 Å². The lowest BCUT2D eigenvalue weighted by Crippen LogP contribution is -2.45. The topological polar surface area (TPSA) is 94.9 Å². The maximum absolute atomic E-state index is 11.2. The molecule has 18 heavy (non-hydrogen) atoms. The number of hydrogen-bond acceptors (Lipinski definition) is 4. The first-order valence-corrected chi connectivity index (χ1v) is 5.92. The van der Waals surface area contributed by atoms with Crippen molar-refractivity contribution in [1.29, 1.82) is 0 Å². The van der Waals surface area contributed by atoms with Crippen molar-refractivity contribution in [3.8, 4) is 0 Å². The van der Waals surface area contributed by atoms with Crippen LogP contribution in [-0.4, -0.2) is 52.0 Å². The number of rotatable bonds is 9. The quantitative estimate of drug-likeness (QED) is 0.637. The Hall–Kier alpha value is -1.43. The number of carbonyl (C=O) groups is 3. The van der Waals surface area contributed by atoms with Gasteiger partial charge in [0.05, 0.1) is 13.0 Å². The molecule has 0 spiro atoms. The highest BCUT2D eigenvalue weighted by Gasteiger charge is 2.27. The molecule has 0 saturated carbocycles. The molecule has 0 radical (unpaired) electrons. The number of hydrogen-bond donors (Lipinski definition) is 2. The van der Waals surface area contributed by atoms with E-state index in [1.165, 1.54) is 11.8 Å². The minimum atomic E-state index is -1.02. The van der Waals surface area contributed by atoms with E-state index in [2.05, 4.69) is 0 Å². The van der Waals surface area contributed by atoms with Gasteiger partial charge >= 0.3 is 11.9 Å². The summed E-state index contributed by atoms with van der Waals surface area (Å²) in [5, 5.41) is 17.8. The van der Waals surface area contributed by atoms with E-state index in [-0.39, 0.29) is 31.2 Å². The zero-order valence-electron chi connectivity index (χ0n) is 11.0. The van der Waals surface area contributed by atoms with Crippen LogP contribution in [0.15, 0.2) is 0 Å². The first-order valence-electron chi connectivity index (χ1n) is 5.92. The Morgan fingerprint density at radius 3 is 2.06 bits per heavy atom. The molecule has 1 unspecified atom stereocenters. The number of aliphatic carboxylic acids is 2. The Kier molecular flexibility index (Phi) is 7.19. The van der Waals surface area contributed by atoms with Gasteiger partial charge in [-0.3, -0.25) is 19.3 Å². The summed E-state index contributed by atoms with van der Waals surface area (Å²) in [4.78, 5) is 34.3. The Balaban J connectivity index is 4.78. The van der Waals surface area contributed by atoms with E-state index in [9.17, 15) is 19.5 Å². The molecule has 0 aliphatic carbocycles. The van der Waals surface area contributed by atoms with Crippen molar-refractivity contribution in [3.63, 3.8) is 0 Å². The number of carboxylic acids is 2. The normalized spacial score (nSPS) is 12.7. The number of carboxylic acid groups (broad SMARTS) is 2. The molecule has 0 aromatic rings. The van der Waals surface area contributed by atoms with Gasteiger partial charge in [0.25, 0.3) is 0 Å². The summed E-state index contributed by atoms with van der Waals surface area (Å²) in [6.07, 6.45) is 0.220. The molecule has 0 bridgehead atoms. The van der Waals surface area contributed by atoms with E-state index in [0.717, 1.165) is 0 Å². The van der Waals surface area contributed by atoms with Gasteiger partial charge in [-0.1, -0.05) is 13.8 Å². The van der Waals surface area contributed by atoms with Crippen molar-refractivity contribution in [2.75, 3.05) is 13.1 Å². The lowest BCUT2D eigenvalue weighted by molar-refractivity contribution is -0.146. The predicted molar refractivity (Wildman–Crippen MR) is 65.4 cm³/mol. The Bertz CT molecular complexity index is 314. The standard InChI is InChI=1S/C12H21NO5/c1-8(2)6-10(12(17)18)13(7-9(3)14)5-4-11(15)16/h8,10H,4-7H2,1-3H3,(H,15,16)(H,17,18). The van der Waals surface area contributed by atoms with Crippen LogP contribution in [0, 0.1) is 5.92 Å². The van der Waals surface area contributed by atoms with Gasteiger partial charge in [-0.2, -0.15) is 0 Å². The average molecular weight is 259 g/mol. The Morgan fingerprint density at radius 1 is 1.17 bits per heavy atom. The molecule has 0 heterocycles. The third kappa shape index (κ3) is 7.01. The van der Waals surface area contributed by atoms with Crippen molar-refractivity contribution in [2.24, 2.45) is 5.92 Å². The summed E-state index contributed by atoms with van der Waals surface area (Å²) in [5.74, 6) is -2.03. The van der Waals surface area contributed by atoms with Crippen molar-refractivity contribution in [3.05, 3.63) is 0 Å². The minimum absolute atomic E-state index is 0.0308. The lowest BCUT2D eigenvalue weighted by Gasteiger charge is -2.28. The fourth-order valence-corrected chi connectivity index (χ4v) is 1.72. The minimum Gasteiger partial charge on any atom is -0.481 e. The highest BCUT2D eigenvalue weighted by atomic mass is 16.4. The van der Waals surface area contributed by atoms with Gasteiger partial charge in [0.2, 0.25) is 0 Å². The van der Waals surface area contributed by atoms with E-state index >= 15 is 0 Å². The maximum Gasteiger partial charge on any atom is 0.320 e. The second kappa shape index (κ2) is 7.81. The van der Waals surface area contributed by atoms with Crippen molar-refractivity contribution in [1.82, 2.24) is 4.90 Å². The van der Waals surface area contributed by atoms with E-state index in [0.29, 0.717) is 6.42 Å². The molecule has 0 saturated heterocycles. The summed E-state index contributed by atoms with van der Waals surface area (Å²) in [6.45, 7) is 5.18. The highest BCUT2D eigenvalue weighted by Crippen LogP contribution is 2.12. The smallest absolute Gasteiger partial charge is 0.320 e. The zero-order valence-corrected chi connectivity index (χ0v) is 11.0. The lowest BCUT2D eigenvalue weighted by atomic mass is 10.0. The first kappa shape index (κ1) is 16.6. The molecular weight excluding hydrogens is 238 g/mol. The van der Waals surface area contributed by atoms with Gasteiger partial charge in [0.1, 0.15) is 11.8 Å². The van der Waals surface area contributed by atoms with Crippen LogP contribution in [0.4, 0.5) is 0 Å². The monoisotopic (exact) mass is 259 g/mol. The number of carbonyl (C=O) groups excluding carboxylic acids is 1. The van der Waals surface area contributed by atoms with E-state index in [1.54, 1.807) is 0 Å². The van der Waals surface area contributed by atoms with Crippen LogP contribution in [0.1, 0.15) is 33.6 Å². The molecule has 0 aromatic carbocycles. The van der Waals surface area contributed by atoms with Gasteiger partial charge in [-0.15, -0.1) is 0 Å². The van der Waals surface area contributed by atoms with E-state index in [1.807, 2.05) is 13.8 Å². The van der Waals surface area contributed by atoms with Crippen molar-refractivity contribution < 1.29 is 24.6 Å². The fraction of sp³-hybridized carbons (Fsp3) is 0.750. The molecule has 0 amide bonds. The predicted octanol–water partition coefficient (Wildman–Crippen LogP) is 0.851. The van der Waals surface area contributed by atoms with Crippen LogP contribution in [0.3, 0.4) is 0 Å². The van der Waals surface area contributed by atoms with Crippen molar-refractivity contribution >= 4 is 17.7 Å². The average Bonchev–Trinajstić information content (AvgIpc) is 2.19. The van der Waals surface area contributed by atoms with Gasteiger partial charge in [0.15, 0.2) is 0 Å². The van der Waals surface area contributed by atoms with Crippen LogP contribution in [-0.2, 0) is 14.4 Å². The summed E-state index contributed by atoms with van der Waals surface area (Å²) in [7, 11) is 0. The molecular formula is C12H21NO5. The van der Waals surface area contributed by atoms with Gasteiger partial charge < -0.3 is 10.2 Å². The summed E-state index contributed by atoms with van der Waals surface area (Å²) >= 11 is 0. The Labute approximate surface area is 107 Å². The van der Waals surface area contributed by atoms with Crippen LogP contribution < -0.4 is 0 Å². The first-order chi connectivity index (χ1) is 8.23. The summed E-state index contributed by atoms with van der Waals surface area (Å²) in [5.41, 5.74) is 0. The van der Waals surface area contributed by atoms with E-state index < -0.39 is 18.0 Å². The molecule has 0 rings (SSSR count). The molecule has 2 N–H and O–H groups in total. The van der Waals surface area contributed by atoms with Crippen molar-refractivity contribution in [2.45, 2.75) is 39.7 Å². The zero-order chi connectivity index (χ0) is 14.3.